The molecule has 1 heterocycles. The van der Waals surface area contributed by atoms with E-state index in [1.165, 1.54) is 0 Å². The first kappa shape index (κ1) is 7.76. The fourth-order valence-electron chi connectivity index (χ4n) is 1.41. The zero-order valence-electron chi connectivity index (χ0n) is 6.89. The van der Waals surface area contributed by atoms with Crippen molar-refractivity contribution in [1.82, 2.24) is 10.6 Å². The molecule has 0 radical (unpaired) electrons. The lowest BCUT2D eigenvalue weighted by atomic mass is 10.1. The van der Waals surface area contributed by atoms with Crippen LogP contribution in [0.25, 0.3) is 0 Å². The van der Waals surface area contributed by atoms with Gasteiger partial charge in [-0.05, 0) is 20.8 Å². The van der Waals surface area contributed by atoms with E-state index < -0.39 is 0 Å². The molecule has 1 rings (SSSR count). The summed E-state index contributed by atoms with van der Waals surface area (Å²) >= 11 is 0. The first-order valence-electron chi connectivity index (χ1n) is 3.89. The van der Waals surface area contributed by atoms with Gasteiger partial charge in [0.25, 0.3) is 0 Å². The maximum atomic E-state index is 3.41. The molecule has 3 unspecified atom stereocenters. The molecule has 0 spiro atoms. The van der Waals surface area contributed by atoms with Crippen molar-refractivity contribution in [3.63, 3.8) is 0 Å². The molecule has 1 saturated heterocycles. The molecule has 0 aromatic carbocycles. The molecule has 58 valence electrons. The summed E-state index contributed by atoms with van der Waals surface area (Å²) in [5, 5.41) is 6.80. The Balaban J connectivity index is 2.46. The van der Waals surface area contributed by atoms with Crippen LogP contribution in [-0.4, -0.2) is 18.2 Å². The van der Waals surface area contributed by atoms with Gasteiger partial charge in [0, 0.05) is 12.1 Å². The highest BCUT2D eigenvalue weighted by Gasteiger charge is 2.23. The molecule has 2 nitrogen and oxygen atoms in total. The SMILES string of the molecule is C/C=C\C1NC(C)NC1C. The lowest BCUT2D eigenvalue weighted by Crippen LogP contribution is -2.29. The molecule has 3 atom stereocenters. The normalized spacial score (nSPS) is 41.3. The van der Waals surface area contributed by atoms with E-state index >= 15 is 0 Å². The van der Waals surface area contributed by atoms with Crippen molar-refractivity contribution in [3.8, 4) is 0 Å². The molecule has 10 heavy (non-hydrogen) atoms. The zero-order valence-corrected chi connectivity index (χ0v) is 6.89. The molecule has 1 fully saturated rings. The van der Waals surface area contributed by atoms with E-state index in [0.29, 0.717) is 18.2 Å². The van der Waals surface area contributed by atoms with Gasteiger partial charge in [-0.1, -0.05) is 12.2 Å². The molecule has 0 aromatic rings. The third kappa shape index (κ3) is 1.58. The largest absolute Gasteiger partial charge is 0.298 e. The zero-order chi connectivity index (χ0) is 7.56. The minimum Gasteiger partial charge on any atom is -0.298 e. The maximum Gasteiger partial charge on any atom is 0.0550 e. The van der Waals surface area contributed by atoms with Crippen LogP contribution in [0.15, 0.2) is 12.2 Å². The summed E-state index contributed by atoms with van der Waals surface area (Å²) in [5.74, 6) is 0. The Morgan fingerprint density at radius 1 is 1.20 bits per heavy atom. The summed E-state index contributed by atoms with van der Waals surface area (Å²) in [6.45, 7) is 6.39. The van der Waals surface area contributed by atoms with E-state index in [9.17, 15) is 0 Å². The summed E-state index contributed by atoms with van der Waals surface area (Å²) in [5.41, 5.74) is 0. The van der Waals surface area contributed by atoms with Gasteiger partial charge in [0.15, 0.2) is 0 Å². The van der Waals surface area contributed by atoms with Crippen LogP contribution in [-0.2, 0) is 0 Å². The molecule has 0 saturated carbocycles. The Morgan fingerprint density at radius 3 is 2.30 bits per heavy atom. The smallest absolute Gasteiger partial charge is 0.0550 e. The second-order valence-electron chi connectivity index (χ2n) is 2.90. The highest BCUT2D eigenvalue weighted by Crippen LogP contribution is 2.04. The summed E-state index contributed by atoms with van der Waals surface area (Å²) in [6.07, 6.45) is 4.74. The minimum absolute atomic E-state index is 0.455. The number of allylic oxidation sites excluding steroid dienone is 1. The van der Waals surface area contributed by atoms with Crippen LogP contribution in [0.3, 0.4) is 0 Å². The predicted molar refractivity (Wildman–Crippen MR) is 43.8 cm³/mol. The molecule has 0 bridgehead atoms. The Kier molecular flexibility index (Phi) is 2.46. The highest BCUT2D eigenvalue weighted by molar-refractivity contribution is 5.01. The van der Waals surface area contributed by atoms with Gasteiger partial charge >= 0.3 is 0 Å². The van der Waals surface area contributed by atoms with Crippen molar-refractivity contribution < 1.29 is 0 Å². The molecule has 2 heteroatoms. The van der Waals surface area contributed by atoms with Crippen LogP contribution in [0.2, 0.25) is 0 Å². The summed E-state index contributed by atoms with van der Waals surface area (Å²) in [4.78, 5) is 0. The van der Waals surface area contributed by atoms with Gasteiger partial charge in [-0.3, -0.25) is 10.6 Å². The van der Waals surface area contributed by atoms with Crippen LogP contribution in [0.1, 0.15) is 20.8 Å². The van der Waals surface area contributed by atoms with Gasteiger partial charge in [0.05, 0.1) is 6.17 Å². The fraction of sp³-hybridized carbons (Fsp3) is 0.750. The van der Waals surface area contributed by atoms with Crippen LogP contribution in [0.5, 0.6) is 0 Å². The molecule has 2 N–H and O–H groups in total. The number of nitrogens with one attached hydrogen (secondary N) is 2. The molecule has 0 amide bonds. The monoisotopic (exact) mass is 140 g/mol. The molecule has 0 aromatic heterocycles. The molecule has 0 aliphatic carbocycles. The van der Waals surface area contributed by atoms with E-state index in [4.69, 9.17) is 0 Å². The summed E-state index contributed by atoms with van der Waals surface area (Å²) < 4.78 is 0. The van der Waals surface area contributed by atoms with Gasteiger partial charge in [0.1, 0.15) is 0 Å². The highest BCUT2D eigenvalue weighted by atomic mass is 15.2. The van der Waals surface area contributed by atoms with E-state index in [1.54, 1.807) is 0 Å². The standard InChI is InChI=1S/C8H16N2/c1-4-5-8-6(2)9-7(3)10-8/h4-10H,1-3H3/b5-4-. The van der Waals surface area contributed by atoms with Gasteiger partial charge in [-0.25, -0.2) is 0 Å². The van der Waals surface area contributed by atoms with Crippen LogP contribution < -0.4 is 10.6 Å². The van der Waals surface area contributed by atoms with Gasteiger partial charge in [0.2, 0.25) is 0 Å². The number of hydrogen-bond acceptors (Lipinski definition) is 2. The second-order valence-corrected chi connectivity index (χ2v) is 2.90. The van der Waals surface area contributed by atoms with Crippen LogP contribution in [0, 0.1) is 0 Å². The first-order chi connectivity index (χ1) is 4.74. The fourth-order valence-corrected chi connectivity index (χ4v) is 1.41. The average molecular weight is 140 g/mol. The van der Waals surface area contributed by atoms with E-state index in [2.05, 4.69) is 43.6 Å². The Hall–Kier alpha value is -0.340. The molecular weight excluding hydrogens is 124 g/mol. The summed E-state index contributed by atoms with van der Waals surface area (Å²) in [6, 6.07) is 1.08. The van der Waals surface area contributed by atoms with Crippen molar-refractivity contribution in [2.24, 2.45) is 0 Å². The van der Waals surface area contributed by atoms with Crippen molar-refractivity contribution in [2.45, 2.75) is 39.0 Å². The molecule has 1 aliphatic rings. The number of rotatable bonds is 1. The lowest BCUT2D eigenvalue weighted by Gasteiger charge is -2.08. The molecular formula is C8H16N2. The Bertz CT molecular complexity index is 131. The van der Waals surface area contributed by atoms with Crippen molar-refractivity contribution >= 4 is 0 Å². The van der Waals surface area contributed by atoms with Crippen molar-refractivity contribution in [3.05, 3.63) is 12.2 Å². The minimum atomic E-state index is 0.455. The van der Waals surface area contributed by atoms with Crippen molar-refractivity contribution in [1.29, 1.82) is 0 Å². The Labute approximate surface area is 62.7 Å². The van der Waals surface area contributed by atoms with E-state index in [-0.39, 0.29) is 0 Å². The van der Waals surface area contributed by atoms with Gasteiger partial charge in [-0.2, -0.15) is 0 Å². The third-order valence-electron chi connectivity index (χ3n) is 1.89. The van der Waals surface area contributed by atoms with Gasteiger partial charge in [-0.15, -0.1) is 0 Å². The van der Waals surface area contributed by atoms with Crippen LogP contribution in [0.4, 0.5) is 0 Å². The first-order valence-corrected chi connectivity index (χ1v) is 3.89. The van der Waals surface area contributed by atoms with Crippen LogP contribution >= 0.6 is 0 Å². The molecule has 1 aliphatic heterocycles. The topological polar surface area (TPSA) is 24.1 Å². The maximum absolute atomic E-state index is 3.41. The second kappa shape index (κ2) is 3.17. The Morgan fingerprint density at radius 2 is 1.90 bits per heavy atom. The van der Waals surface area contributed by atoms with Gasteiger partial charge < -0.3 is 0 Å². The van der Waals surface area contributed by atoms with E-state index in [1.807, 2.05) is 0 Å². The number of hydrogen-bond donors (Lipinski definition) is 2. The quantitative estimate of drug-likeness (QED) is 0.528. The third-order valence-corrected chi connectivity index (χ3v) is 1.89. The average Bonchev–Trinajstić information content (AvgIpc) is 2.13. The predicted octanol–water partition coefficient (Wildman–Crippen LogP) is 0.858. The van der Waals surface area contributed by atoms with Crippen molar-refractivity contribution in [2.75, 3.05) is 0 Å². The lowest BCUT2D eigenvalue weighted by molar-refractivity contribution is 0.576. The van der Waals surface area contributed by atoms with E-state index in [0.717, 1.165) is 0 Å². The summed E-state index contributed by atoms with van der Waals surface area (Å²) in [7, 11) is 0.